The summed E-state index contributed by atoms with van der Waals surface area (Å²) in [6.07, 6.45) is 1.90. The first-order valence-electron chi connectivity index (χ1n) is 11.8. The summed E-state index contributed by atoms with van der Waals surface area (Å²) in [5.41, 5.74) is 5.34. The lowest BCUT2D eigenvalue weighted by atomic mass is 10.1. The van der Waals surface area contributed by atoms with Crippen molar-refractivity contribution < 1.29 is 14.3 Å². The normalized spacial score (nSPS) is 10.7. The van der Waals surface area contributed by atoms with Gasteiger partial charge in [-0.2, -0.15) is 0 Å². The van der Waals surface area contributed by atoms with Crippen LogP contribution in [0.15, 0.2) is 79.0 Å². The number of nitrogens with zero attached hydrogens (tertiary/aromatic N) is 3. The Hall–Kier alpha value is -4.39. The van der Waals surface area contributed by atoms with Gasteiger partial charge in [-0.25, -0.2) is 4.98 Å². The predicted molar refractivity (Wildman–Crippen MR) is 142 cm³/mol. The molecule has 0 aliphatic rings. The fourth-order valence-electron chi connectivity index (χ4n) is 3.87. The van der Waals surface area contributed by atoms with E-state index in [1.165, 1.54) is 10.5 Å². The summed E-state index contributed by atoms with van der Waals surface area (Å²) in [5.74, 6) is 0.628. The number of nitrogens with one attached hydrogen (secondary N) is 1. The highest BCUT2D eigenvalue weighted by Gasteiger charge is 2.20. The maximum Gasteiger partial charge on any atom is 0.254 e. The molecule has 0 atom stereocenters. The van der Waals surface area contributed by atoms with Gasteiger partial charge >= 0.3 is 0 Å². The molecule has 0 unspecified atom stereocenters. The smallest absolute Gasteiger partial charge is 0.254 e. The van der Waals surface area contributed by atoms with Gasteiger partial charge in [0.2, 0.25) is 11.9 Å². The van der Waals surface area contributed by atoms with Crippen molar-refractivity contribution in [1.29, 1.82) is 0 Å². The van der Waals surface area contributed by atoms with Crippen LogP contribution in [0.2, 0.25) is 0 Å². The molecule has 0 fully saturated rings. The Morgan fingerprint density at radius 1 is 0.972 bits per heavy atom. The molecule has 4 rings (SSSR count). The van der Waals surface area contributed by atoms with E-state index in [0.29, 0.717) is 23.8 Å². The minimum atomic E-state index is -0.321. The molecule has 184 valence electrons. The summed E-state index contributed by atoms with van der Waals surface area (Å²) >= 11 is 0. The van der Waals surface area contributed by atoms with Gasteiger partial charge in [-0.1, -0.05) is 24.3 Å². The highest BCUT2D eigenvalue weighted by atomic mass is 16.5. The van der Waals surface area contributed by atoms with Crippen LogP contribution in [0.25, 0.3) is 16.9 Å². The number of hydrogen-bond donors (Lipinski definition) is 1. The highest BCUT2D eigenvalue weighted by Crippen LogP contribution is 2.27. The van der Waals surface area contributed by atoms with E-state index in [1.54, 1.807) is 19.2 Å². The molecule has 0 saturated carbocycles. The Labute approximate surface area is 211 Å². The van der Waals surface area contributed by atoms with Crippen molar-refractivity contribution in [3.8, 4) is 22.7 Å². The molecular weight excluding hydrogens is 452 g/mol. The minimum Gasteiger partial charge on any atom is -0.497 e. The Morgan fingerprint density at radius 2 is 1.69 bits per heavy atom. The summed E-state index contributed by atoms with van der Waals surface area (Å²) in [4.78, 5) is 32.2. The van der Waals surface area contributed by atoms with Crippen molar-refractivity contribution in [3.63, 3.8) is 0 Å². The molecule has 0 spiro atoms. The maximum absolute atomic E-state index is 13.1. The first-order valence-corrected chi connectivity index (χ1v) is 11.8. The molecule has 0 radical (unpaired) electrons. The first-order chi connectivity index (χ1) is 17.4. The molecule has 2 amide bonds. The molecule has 36 heavy (non-hydrogen) atoms. The Balaban J connectivity index is 1.63. The number of anilines is 1. The number of imidazole rings is 1. The second kappa shape index (κ2) is 10.9. The van der Waals surface area contributed by atoms with Crippen LogP contribution in [0.3, 0.4) is 0 Å². The average molecular weight is 483 g/mol. The van der Waals surface area contributed by atoms with E-state index in [0.717, 1.165) is 22.6 Å². The average Bonchev–Trinajstić information content (AvgIpc) is 3.32. The molecule has 0 aliphatic heterocycles. The maximum atomic E-state index is 13.1. The molecule has 0 aliphatic carbocycles. The summed E-state index contributed by atoms with van der Waals surface area (Å²) in [6, 6.07) is 22.7. The summed E-state index contributed by atoms with van der Waals surface area (Å²) in [6.45, 7) is 6.28. The van der Waals surface area contributed by atoms with Gasteiger partial charge in [-0.3, -0.25) is 19.5 Å². The number of carbonyl (C=O) groups is 2. The van der Waals surface area contributed by atoms with E-state index in [-0.39, 0.29) is 18.4 Å². The second-order valence-electron chi connectivity index (χ2n) is 8.55. The highest BCUT2D eigenvalue weighted by molar-refractivity contribution is 5.99. The van der Waals surface area contributed by atoms with E-state index in [9.17, 15) is 9.59 Å². The number of ether oxygens (including phenoxy) is 1. The van der Waals surface area contributed by atoms with E-state index < -0.39 is 0 Å². The summed E-state index contributed by atoms with van der Waals surface area (Å²) in [5, 5.41) is 2.92. The lowest BCUT2D eigenvalue weighted by Crippen LogP contribution is -2.38. The van der Waals surface area contributed by atoms with E-state index >= 15 is 0 Å². The molecule has 1 heterocycles. The standard InChI is InChI=1S/C29H30N4O3/c1-5-32(28(35)23-9-7-6-8-10-23)19-27(34)31-29-30-26(22-12-15-25(36-4)16-13-22)18-33(29)24-14-11-20(2)21(3)17-24/h6-18H,5,19H2,1-4H3,(H,30,31,34). The van der Waals surface area contributed by atoms with Gasteiger partial charge in [0.05, 0.1) is 12.8 Å². The predicted octanol–water partition coefficient (Wildman–Crippen LogP) is 5.27. The van der Waals surface area contributed by atoms with Crippen LogP contribution in [0.4, 0.5) is 5.95 Å². The fraction of sp³-hybridized carbons (Fsp3) is 0.207. The number of hydrogen-bond acceptors (Lipinski definition) is 4. The van der Waals surface area contributed by atoms with Gasteiger partial charge in [-0.15, -0.1) is 0 Å². The number of aryl methyl sites for hydroxylation is 2. The third kappa shape index (κ3) is 5.46. The zero-order valence-corrected chi connectivity index (χ0v) is 21.0. The second-order valence-corrected chi connectivity index (χ2v) is 8.55. The monoisotopic (exact) mass is 482 g/mol. The van der Waals surface area contributed by atoms with Gasteiger partial charge in [0.25, 0.3) is 5.91 Å². The minimum absolute atomic E-state index is 0.0815. The Morgan fingerprint density at radius 3 is 2.33 bits per heavy atom. The van der Waals surface area contributed by atoms with Crippen molar-refractivity contribution in [2.24, 2.45) is 0 Å². The first kappa shape index (κ1) is 24.7. The van der Waals surface area contributed by atoms with Crippen LogP contribution in [0.1, 0.15) is 28.4 Å². The number of amides is 2. The van der Waals surface area contributed by atoms with Crippen LogP contribution in [-0.4, -0.2) is 46.5 Å². The molecule has 1 N–H and O–H groups in total. The number of rotatable bonds is 8. The van der Waals surface area contributed by atoms with Crippen LogP contribution in [-0.2, 0) is 4.79 Å². The topological polar surface area (TPSA) is 76.5 Å². The molecule has 7 nitrogen and oxygen atoms in total. The quantitative estimate of drug-likeness (QED) is 0.371. The molecule has 3 aromatic carbocycles. The van der Waals surface area contributed by atoms with Crippen LogP contribution < -0.4 is 10.1 Å². The van der Waals surface area contributed by atoms with Crippen molar-refractivity contribution in [1.82, 2.24) is 14.5 Å². The van der Waals surface area contributed by atoms with Gasteiger partial charge in [0.1, 0.15) is 12.3 Å². The van der Waals surface area contributed by atoms with Crippen molar-refractivity contribution >= 4 is 17.8 Å². The lowest BCUT2D eigenvalue weighted by molar-refractivity contribution is -0.116. The number of methoxy groups -OCH3 is 1. The summed E-state index contributed by atoms with van der Waals surface area (Å²) in [7, 11) is 1.62. The molecule has 4 aromatic rings. The SMILES string of the molecule is CCN(CC(=O)Nc1nc(-c2ccc(OC)cc2)cn1-c1ccc(C)c(C)c1)C(=O)c1ccccc1. The third-order valence-corrected chi connectivity index (χ3v) is 6.14. The van der Waals surface area contributed by atoms with Gasteiger partial charge in [-0.05, 0) is 80.4 Å². The van der Waals surface area contributed by atoms with E-state index in [4.69, 9.17) is 9.72 Å². The van der Waals surface area contributed by atoms with Crippen LogP contribution in [0.5, 0.6) is 5.75 Å². The Bertz CT molecular complexity index is 1360. The third-order valence-electron chi connectivity index (χ3n) is 6.14. The van der Waals surface area contributed by atoms with E-state index in [2.05, 4.69) is 18.3 Å². The molecule has 7 heteroatoms. The van der Waals surface area contributed by atoms with Gasteiger partial charge in [0.15, 0.2) is 0 Å². The number of likely N-dealkylation sites (N-methyl/N-ethyl adjacent to an activating group) is 1. The molecule has 1 aromatic heterocycles. The van der Waals surface area contributed by atoms with Crippen LogP contribution >= 0.6 is 0 Å². The fourth-order valence-corrected chi connectivity index (χ4v) is 3.87. The summed E-state index contributed by atoms with van der Waals surface area (Å²) < 4.78 is 7.12. The van der Waals surface area contributed by atoms with Crippen molar-refractivity contribution in [2.75, 3.05) is 25.5 Å². The largest absolute Gasteiger partial charge is 0.497 e. The number of carbonyl (C=O) groups excluding carboxylic acids is 2. The zero-order valence-electron chi connectivity index (χ0n) is 21.0. The zero-order chi connectivity index (χ0) is 25.7. The number of benzene rings is 3. The van der Waals surface area contributed by atoms with Crippen LogP contribution in [0, 0.1) is 13.8 Å². The Kier molecular flexibility index (Phi) is 7.49. The number of aromatic nitrogens is 2. The molecular formula is C29H30N4O3. The van der Waals surface area contributed by atoms with Crippen molar-refractivity contribution in [2.45, 2.75) is 20.8 Å². The van der Waals surface area contributed by atoms with Gasteiger partial charge < -0.3 is 9.64 Å². The van der Waals surface area contributed by atoms with E-state index in [1.807, 2.05) is 79.2 Å². The lowest BCUT2D eigenvalue weighted by Gasteiger charge is -2.20. The molecule has 0 bridgehead atoms. The van der Waals surface area contributed by atoms with Crippen molar-refractivity contribution in [3.05, 3.63) is 95.7 Å². The molecule has 0 saturated heterocycles. The van der Waals surface area contributed by atoms with Gasteiger partial charge in [0, 0.05) is 29.6 Å².